The molecule has 0 spiro atoms. The monoisotopic (exact) mass is 235 g/mol. The first-order chi connectivity index (χ1) is 7.66. The SMILES string of the molecule is CC(CNc1ccc2ncsc2c1)C(N)=O. The lowest BCUT2D eigenvalue weighted by atomic mass is 10.1. The van der Waals surface area contributed by atoms with Gasteiger partial charge in [-0.2, -0.15) is 0 Å². The molecule has 4 nitrogen and oxygen atoms in total. The number of primary amides is 1. The van der Waals surface area contributed by atoms with Gasteiger partial charge in [-0.3, -0.25) is 4.79 Å². The van der Waals surface area contributed by atoms with Crippen LogP contribution in [0.15, 0.2) is 23.7 Å². The first-order valence-electron chi connectivity index (χ1n) is 5.03. The summed E-state index contributed by atoms with van der Waals surface area (Å²) in [6.45, 7) is 2.36. The average Bonchev–Trinajstić information content (AvgIpc) is 2.72. The second kappa shape index (κ2) is 4.49. The molecule has 1 atom stereocenters. The van der Waals surface area contributed by atoms with E-state index in [1.54, 1.807) is 18.3 Å². The molecule has 84 valence electrons. The molecule has 1 amide bonds. The van der Waals surface area contributed by atoms with Crippen LogP contribution in [0.1, 0.15) is 6.92 Å². The van der Waals surface area contributed by atoms with Crippen LogP contribution in [0.2, 0.25) is 0 Å². The van der Waals surface area contributed by atoms with E-state index in [0.29, 0.717) is 6.54 Å². The van der Waals surface area contributed by atoms with Gasteiger partial charge in [-0.05, 0) is 18.2 Å². The lowest BCUT2D eigenvalue weighted by molar-refractivity contribution is -0.120. The molecule has 1 aromatic carbocycles. The minimum absolute atomic E-state index is 0.169. The molecule has 1 heterocycles. The fourth-order valence-corrected chi connectivity index (χ4v) is 2.05. The smallest absolute Gasteiger partial charge is 0.222 e. The van der Waals surface area contributed by atoms with E-state index in [4.69, 9.17) is 5.73 Å². The minimum Gasteiger partial charge on any atom is -0.384 e. The van der Waals surface area contributed by atoms with Gasteiger partial charge in [0.1, 0.15) is 0 Å². The molecule has 1 aromatic heterocycles. The summed E-state index contributed by atoms with van der Waals surface area (Å²) in [7, 11) is 0. The maximum absolute atomic E-state index is 10.9. The van der Waals surface area contributed by atoms with Crippen molar-refractivity contribution in [2.75, 3.05) is 11.9 Å². The Labute approximate surface area is 97.5 Å². The Morgan fingerprint density at radius 1 is 1.62 bits per heavy atom. The zero-order chi connectivity index (χ0) is 11.5. The Bertz CT molecular complexity index is 509. The predicted octanol–water partition coefficient (Wildman–Crippen LogP) is 1.83. The average molecular weight is 235 g/mol. The van der Waals surface area contributed by atoms with Crippen molar-refractivity contribution in [3.63, 3.8) is 0 Å². The number of carbonyl (C=O) groups excluding carboxylic acids is 1. The van der Waals surface area contributed by atoms with E-state index in [9.17, 15) is 4.79 Å². The van der Waals surface area contributed by atoms with Crippen molar-refractivity contribution in [1.29, 1.82) is 0 Å². The zero-order valence-electron chi connectivity index (χ0n) is 8.93. The number of hydrogen-bond acceptors (Lipinski definition) is 4. The highest BCUT2D eigenvalue weighted by molar-refractivity contribution is 7.16. The van der Waals surface area contributed by atoms with Crippen LogP contribution in [-0.2, 0) is 4.79 Å². The maximum atomic E-state index is 10.9. The molecule has 0 saturated carbocycles. The number of thiazole rings is 1. The molecule has 0 bridgehead atoms. The van der Waals surface area contributed by atoms with Crippen molar-refractivity contribution in [1.82, 2.24) is 4.98 Å². The molecule has 0 fully saturated rings. The molecule has 0 aliphatic rings. The van der Waals surface area contributed by atoms with E-state index < -0.39 is 0 Å². The fraction of sp³-hybridized carbons (Fsp3) is 0.273. The van der Waals surface area contributed by atoms with Crippen molar-refractivity contribution >= 4 is 33.1 Å². The predicted molar refractivity (Wildman–Crippen MR) is 66.5 cm³/mol. The Morgan fingerprint density at radius 2 is 2.44 bits per heavy atom. The van der Waals surface area contributed by atoms with Crippen molar-refractivity contribution in [3.05, 3.63) is 23.7 Å². The third kappa shape index (κ3) is 2.30. The summed E-state index contributed by atoms with van der Waals surface area (Å²) < 4.78 is 1.14. The summed E-state index contributed by atoms with van der Waals surface area (Å²) >= 11 is 1.60. The summed E-state index contributed by atoms with van der Waals surface area (Å²) in [6.07, 6.45) is 0. The molecule has 0 aliphatic carbocycles. The summed E-state index contributed by atoms with van der Waals surface area (Å²) in [5.41, 5.74) is 9.00. The van der Waals surface area contributed by atoms with Gasteiger partial charge in [0.15, 0.2) is 0 Å². The highest BCUT2D eigenvalue weighted by Crippen LogP contribution is 2.21. The van der Waals surface area contributed by atoms with Crippen LogP contribution >= 0.6 is 11.3 Å². The van der Waals surface area contributed by atoms with E-state index in [1.165, 1.54) is 0 Å². The van der Waals surface area contributed by atoms with Gasteiger partial charge in [-0.15, -0.1) is 11.3 Å². The van der Waals surface area contributed by atoms with Gasteiger partial charge >= 0.3 is 0 Å². The van der Waals surface area contributed by atoms with E-state index in [0.717, 1.165) is 15.9 Å². The summed E-state index contributed by atoms with van der Waals surface area (Å²) in [6, 6.07) is 5.94. The molecule has 2 rings (SSSR count). The Balaban J connectivity index is 2.06. The number of amides is 1. The normalized spacial score (nSPS) is 12.6. The maximum Gasteiger partial charge on any atom is 0.222 e. The number of benzene rings is 1. The van der Waals surface area contributed by atoms with Gasteiger partial charge in [0.05, 0.1) is 21.6 Å². The molecule has 0 radical (unpaired) electrons. The largest absolute Gasteiger partial charge is 0.384 e. The van der Waals surface area contributed by atoms with Crippen LogP contribution in [0.3, 0.4) is 0 Å². The molecule has 2 aromatic rings. The first kappa shape index (κ1) is 10.9. The number of nitrogens with two attached hydrogens (primary N) is 1. The van der Waals surface area contributed by atoms with Crippen LogP contribution in [0.4, 0.5) is 5.69 Å². The summed E-state index contributed by atoms with van der Waals surface area (Å²) in [4.78, 5) is 15.1. The Morgan fingerprint density at radius 3 is 3.19 bits per heavy atom. The van der Waals surface area contributed by atoms with Gasteiger partial charge in [0.2, 0.25) is 5.91 Å². The zero-order valence-corrected chi connectivity index (χ0v) is 9.75. The fourth-order valence-electron chi connectivity index (χ4n) is 1.34. The summed E-state index contributed by atoms with van der Waals surface area (Å²) in [5, 5.41) is 3.19. The summed E-state index contributed by atoms with van der Waals surface area (Å²) in [5.74, 6) is -0.455. The van der Waals surface area contributed by atoms with Gasteiger partial charge in [0.25, 0.3) is 0 Å². The highest BCUT2D eigenvalue weighted by atomic mass is 32.1. The van der Waals surface area contributed by atoms with Gasteiger partial charge in [-0.1, -0.05) is 6.92 Å². The van der Waals surface area contributed by atoms with Crippen molar-refractivity contribution in [2.45, 2.75) is 6.92 Å². The third-order valence-electron chi connectivity index (χ3n) is 2.43. The van der Waals surface area contributed by atoms with Crippen LogP contribution in [0.25, 0.3) is 10.2 Å². The van der Waals surface area contributed by atoms with Crippen molar-refractivity contribution in [2.24, 2.45) is 11.7 Å². The molecule has 0 aliphatic heterocycles. The number of aromatic nitrogens is 1. The minimum atomic E-state index is -0.286. The van der Waals surface area contributed by atoms with Gasteiger partial charge in [0, 0.05) is 12.2 Å². The molecule has 0 saturated heterocycles. The van der Waals surface area contributed by atoms with Gasteiger partial charge < -0.3 is 11.1 Å². The van der Waals surface area contributed by atoms with Crippen molar-refractivity contribution < 1.29 is 4.79 Å². The van der Waals surface area contributed by atoms with Crippen LogP contribution in [0, 0.1) is 5.92 Å². The quantitative estimate of drug-likeness (QED) is 0.849. The van der Waals surface area contributed by atoms with E-state index >= 15 is 0 Å². The second-order valence-corrected chi connectivity index (χ2v) is 4.61. The second-order valence-electron chi connectivity index (χ2n) is 3.72. The first-order valence-corrected chi connectivity index (χ1v) is 5.91. The standard InChI is InChI=1S/C11H13N3OS/c1-7(11(12)15)5-13-8-2-3-9-10(4-8)16-6-14-9/h2-4,6-7,13H,5H2,1H3,(H2,12,15). The van der Waals surface area contributed by atoms with Crippen molar-refractivity contribution in [3.8, 4) is 0 Å². The number of nitrogens with one attached hydrogen (secondary N) is 1. The van der Waals surface area contributed by atoms with E-state index in [2.05, 4.69) is 10.3 Å². The Hall–Kier alpha value is -1.62. The Kier molecular flexibility index (Phi) is 3.05. The number of carbonyl (C=O) groups is 1. The molecule has 5 heteroatoms. The van der Waals surface area contributed by atoms with Crippen LogP contribution < -0.4 is 11.1 Å². The number of rotatable bonds is 4. The topological polar surface area (TPSA) is 68.0 Å². The van der Waals surface area contributed by atoms with E-state index in [1.807, 2.05) is 23.7 Å². The molecule has 16 heavy (non-hydrogen) atoms. The van der Waals surface area contributed by atoms with Crippen LogP contribution in [0.5, 0.6) is 0 Å². The molecule has 1 unspecified atom stereocenters. The molecular formula is C11H13N3OS. The number of fused-ring (bicyclic) bond motifs is 1. The van der Waals surface area contributed by atoms with Gasteiger partial charge in [-0.25, -0.2) is 4.98 Å². The molecule has 3 N–H and O–H groups in total. The lowest BCUT2D eigenvalue weighted by Gasteiger charge is -2.09. The number of hydrogen-bond donors (Lipinski definition) is 2. The third-order valence-corrected chi connectivity index (χ3v) is 3.22. The van der Waals surface area contributed by atoms with Crippen LogP contribution in [-0.4, -0.2) is 17.4 Å². The highest BCUT2D eigenvalue weighted by Gasteiger charge is 2.07. The number of nitrogens with zero attached hydrogens (tertiary/aromatic N) is 1. The van der Waals surface area contributed by atoms with E-state index in [-0.39, 0.29) is 11.8 Å². The molecular weight excluding hydrogens is 222 g/mol. The number of anilines is 1. The lowest BCUT2D eigenvalue weighted by Crippen LogP contribution is -2.26.